The Morgan fingerprint density at radius 2 is 1.20 bits per heavy atom. The number of rotatable bonds is 16. The van der Waals surface area contributed by atoms with Gasteiger partial charge >= 0.3 is 5.97 Å². The maximum Gasteiger partial charge on any atom is 0.307 e. The molecule has 5 aromatic carbocycles. The van der Waals surface area contributed by atoms with Crippen molar-refractivity contribution >= 4 is 115 Å². The minimum atomic E-state index is -1.66. The van der Waals surface area contributed by atoms with Gasteiger partial charge < -0.3 is 46.8 Å². The Kier molecular flexibility index (Phi) is 26.1. The second kappa shape index (κ2) is 34.0. The second-order valence-corrected chi connectivity index (χ2v) is 29.1. The zero-order valence-corrected chi connectivity index (χ0v) is 54.3. The second-order valence-electron chi connectivity index (χ2n) is 23.8. The van der Waals surface area contributed by atoms with Gasteiger partial charge in [0.05, 0.1) is 35.9 Å². The van der Waals surface area contributed by atoms with E-state index >= 15 is 14.4 Å². The Balaban J connectivity index is 1.20. The molecular formula is C68H80N6O13S4. The van der Waals surface area contributed by atoms with Crippen LogP contribution in [0, 0.1) is 23.7 Å². The van der Waals surface area contributed by atoms with Crippen molar-refractivity contribution in [1.29, 1.82) is 0 Å². The molecule has 3 aliphatic heterocycles. The number of phenolic OH excluding ortho intramolecular Hbond substituents is 1. The fraction of sp³-hybridized carbons (Fsp3) is 0.441. The average Bonchev–Trinajstić information content (AvgIpc) is 2.76. The van der Waals surface area contributed by atoms with Crippen LogP contribution in [-0.4, -0.2) is 168 Å². The summed E-state index contributed by atoms with van der Waals surface area (Å²) in [5.74, 6) is -12.2. The van der Waals surface area contributed by atoms with E-state index in [0.29, 0.717) is 48.0 Å². The molecule has 0 bridgehead atoms. The molecule has 8 rings (SSSR count). The number of fused-ring (bicyclic) bond motifs is 2. The smallest absolute Gasteiger partial charge is 0.307 e. The fourth-order valence-corrected chi connectivity index (χ4v) is 17.6. The van der Waals surface area contributed by atoms with E-state index in [-0.39, 0.29) is 77.9 Å². The van der Waals surface area contributed by atoms with Crippen LogP contribution < -0.4 is 21.7 Å². The molecule has 11 atom stereocenters. The van der Waals surface area contributed by atoms with E-state index in [2.05, 4.69) is 16.0 Å². The number of aliphatic hydroxyl groups excluding tert-OH is 1. The number of aliphatic carboxylic acids is 1. The minimum Gasteiger partial charge on any atom is -0.508 e. The molecule has 0 aliphatic carbocycles. The van der Waals surface area contributed by atoms with E-state index in [9.17, 15) is 48.9 Å². The molecule has 3 fully saturated rings. The van der Waals surface area contributed by atoms with E-state index in [0.717, 1.165) is 37.0 Å². The summed E-state index contributed by atoms with van der Waals surface area (Å²) in [5.41, 5.74) is 7.86. The van der Waals surface area contributed by atoms with Crippen molar-refractivity contribution in [3.05, 3.63) is 150 Å². The van der Waals surface area contributed by atoms with Crippen molar-refractivity contribution in [3.8, 4) is 5.75 Å². The molecule has 91 heavy (non-hydrogen) atoms. The lowest BCUT2D eigenvalue weighted by molar-refractivity contribution is -0.143. The van der Waals surface area contributed by atoms with Crippen molar-refractivity contribution in [2.75, 3.05) is 43.3 Å². The largest absolute Gasteiger partial charge is 0.508 e. The molecule has 5 aromatic rings. The Hall–Kier alpha value is -7.02. The SMILES string of the molecule is CC(O)[C@@H]1CC(=O)[C@H](CCCCN)NC(=O)[C@@H](N(C)C(=O)c2ccc3ccccc3c2)CC(=O)[C@H](Cc2ccc(O)cc2)NC(=O)[C@H](Cc2ccccc2)NC(=O)[C@H](CC(=O)N2CC3SCS[C@@H]3C2)CSSC[C@@H](C(=O)O)CC(=O)[C@H](Cc2ccccc2)CC1=O. The van der Waals surface area contributed by atoms with Gasteiger partial charge in [-0.15, -0.1) is 23.5 Å². The molecule has 8 N–H and O–H groups in total. The van der Waals surface area contributed by atoms with Gasteiger partial charge in [0.15, 0.2) is 11.6 Å². The summed E-state index contributed by atoms with van der Waals surface area (Å²) in [6.45, 7) is 2.57. The molecule has 5 amide bonds. The number of aliphatic hydroxyl groups is 1. The molecule has 23 heteroatoms. The number of unbranched alkanes of at least 4 members (excludes halogenated alkanes) is 1. The van der Waals surface area contributed by atoms with Gasteiger partial charge in [-0.3, -0.25) is 47.9 Å². The summed E-state index contributed by atoms with van der Waals surface area (Å²) >= 11 is 3.55. The van der Waals surface area contributed by atoms with Gasteiger partial charge in [0, 0.05) is 97.2 Å². The first kappa shape index (κ1) is 69.9. The van der Waals surface area contributed by atoms with E-state index in [1.54, 1.807) is 125 Å². The van der Waals surface area contributed by atoms with Crippen LogP contribution in [0.2, 0.25) is 0 Å². The monoisotopic (exact) mass is 1320 g/mol. The Morgan fingerprint density at radius 1 is 0.615 bits per heavy atom. The number of carboxylic acids is 1. The number of benzene rings is 5. The number of carbonyl (C=O) groups is 10. The number of aromatic hydroxyl groups is 1. The van der Waals surface area contributed by atoms with Gasteiger partial charge in [-0.05, 0) is 97.3 Å². The summed E-state index contributed by atoms with van der Waals surface area (Å²) in [6, 6.07) is 30.0. The Morgan fingerprint density at radius 3 is 1.85 bits per heavy atom. The van der Waals surface area contributed by atoms with Crippen LogP contribution in [0.4, 0.5) is 0 Å². The van der Waals surface area contributed by atoms with Crippen LogP contribution in [0.1, 0.15) is 85.3 Å². The molecular weight excluding hydrogens is 1240 g/mol. The number of hydrogen-bond donors (Lipinski definition) is 7. The van der Waals surface area contributed by atoms with E-state index in [4.69, 9.17) is 5.73 Å². The van der Waals surface area contributed by atoms with Crippen molar-refractivity contribution < 1.29 is 63.3 Å². The van der Waals surface area contributed by atoms with Gasteiger partial charge in [-0.2, -0.15) is 0 Å². The highest BCUT2D eigenvalue weighted by molar-refractivity contribution is 8.76. The van der Waals surface area contributed by atoms with Gasteiger partial charge in [0.25, 0.3) is 5.91 Å². The summed E-state index contributed by atoms with van der Waals surface area (Å²) in [6.07, 6.45) is -3.50. The lowest BCUT2D eigenvalue weighted by Gasteiger charge is -2.31. The highest BCUT2D eigenvalue weighted by atomic mass is 33.1. The molecule has 484 valence electrons. The molecule has 3 heterocycles. The van der Waals surface area contributed by atoms with Crippen molar-refractivity contribution in [1.82, 2.24) is 25.8 Å². The Bertz CT molecular complexity index is 3370. The van der Waals surface area contributed by atoms with Crippen molar-refractivity contribution in [2.45, 2.75) is 118 Å². The highest BCUT2D eigenvalue weighted by Crippen LogP contribution is 2.42. The zero-order chi connectivity index (χ0) is 65.1. The molecule has 0 radical (unpaired) electrons. The van der Waals surface area contributed by atoms with Gasteiger partial charge in [-0.25, -0.2) is 0 Å². The summed E-state index contributed by atoms with van der Waals surface area (Å²) in [4.78, 5) is 150. The number of nitrogens with zero attached hydrogens (tertiary/aromatic N) is 2. The molecule has 0 aromatic heterocycles. The van der Waals surface area contributed by atoms with Gasteiger partial charge in [-0.1, -0.05) is 125 Å². The van der Waals surface area contributed by atoms with Crippen LogP contribution >= 0.6 is 45.1 Å². The summed E-state index contributed by atoms with van der Waals surface area (Å²) in [7, 11) is 3.58. The number of nitrogens with one attached hydrogen (secondary N) is 3. The maximum absolute atomic E-state index is 15.4. The molecule has 0 spiro atoms. The summed E-state index contributed by atoms with van der Waals surface area (Å²) in [5, 5.41) is 43.7. The quantitative estimate of drug-likeness (QED) is 0.0392. The predicted molar refractivity (Wildman–Crippen MR) is 356 cm³/mol. The van der Waals surface area contributed by atoms with Gasteiger partial charge in [0.2, 0.25) is 23.6 Å². The molecule has 2 unspecified atom stereocenters. The summed E-state index contributed by atoms with van der Waals surface area (Å²) < 4.78 is 0. The number of hydrogen-bond acceptors (Lipinski definition) is 17. The van der Waals surface area contributed by atoms with Crippen molar-refractivity contribution in [3.63, 3.8) is 0 Å². The third kappa shape index (κ3) is 20.0. The maximum atomic E-state index is 15.4. The average molecular weight is 1320 g/mol. The first-order chi connectivity index (χ1) is 43.7. The third-order valence-electron chi connectivity index (χ3n) is 17.1. The number of carboxylic acid groups (broad SMARTS) is 1. The van der Waals surface area contributed by atoms with Crippen LogP contribution in [0.15, 0.2) is 127 Å². The van der Waals surface area contributed by atoms with E-state index < -0.39 is 132 Å². The van der Waals surface area contributed by atoms with Crippen LogP contribution in [0.3, 0.4) is 0 Å². The lowest BCUT2D eigenvalue weighted by atomic mass is 9.81. The van der Waals surface area contributed by atoms with Crippen LogP contribution in [-0.2, 0) is 62.4 Å². The fourth-order valence-electron chi connectivity index (χ4n) is 11.7. The lowest BCUT2D eigenvalue weighted by Crippen LogP contribution is -2.56. The minimum absolute atomic E-state index is 0.00588. The highest BCUT2D eigenvalue weighted by Gasteiger charge is 2.42. The van der Waals surface area contributed by atoms with E-state index in [1.165, 1.54) is 26.1 Å². The first-order valence-corrected chi connectivity index (χ1v) is 35.3. The number of nitrogens with two attached hydrogens (primary N) is 1. The predicted octanol–water partition coefficient (Wildman–Crippen LogP) is 6.87. The third-order valence-corrected chi connectivity index (χ3v) is 22.8. The number of carbonyl (C=O) groups excluding carboxylic acids is 9. The molecule has 19 nitrogen and oxygen atoms in total. The number of amides is 5. The standard InChI is InChI=1S/C68H80N6O13S4/c1-41(75)52-34-59(79)53(19-11-12-26-69)70-66(84)56(73(2)67(85)47-23-22-45-17-9-10-18-46(45)30-47)35-60(80)54(28-44-20-24-51(76)25-21-44)71-65(83)55(29-43-15-7-4-8-16-43)72-64(82)49(33-63(81)74-36-61-62(37-74)89-40-88-61)38-90-91-39-50(68(86)87)32-57(77)48(31-58(52)78)27-42-13-5-3-6-14-42/h3-10,13-18,20-25,30,41,48-50,52-56,61-62,75-76H,11-12,19,26-29,31-40,69H2,1-2H3,(H,70,84)(H,71,83)(H,72,82)(H,86,87)/t41?,48-,49-,50+,52+,53+,54+,55+,56+,61-,62?/m1/s1. The van der Waals surface area contributed by atoms with Crippen LogP contribution in [0.5, 0.6) is 5.75 Å². The molecule has 3 saturated heterocycles. The normalized spacial score (nSPS) is 25.1. The Labute approximate surface area is 546 Å². The number of thioether (sulfide) groups is 2. The number of likely N-dealkylation sites (tertiary alicyclic amines) is 1. The van der Waals surface area contributed by atoms with E-state index in [1.807, 2.05) is 18.2 Å². The van der Waals surface area contributed by atoms with Crippen molar-refractivity contribution in [2.24, 2.45) is 29.4 Å². The van der Waals surface area contributed by atoms with Gasteiger partial charge in [0.1, 0.15) is 29.4 Å². The van der Waals surface area contributed by atoms with Crippen LogP contribution in [0.25, 0.3) is 10.8 Å². The number of likely N-dealkylation sites (N-methyl/N-ethyl adjacent to an activating group) is 1. The number of Topliss-reactive ketones (excluding diaryl/α,β-unsaturated/α-hetero) is 4. The first-order valence-electron chi connectivity index (χ1n) is 30.7. The molecule has 0 saturated carbocycles. The molecule has 3 aliphatic rings. The topological polar surface area (TPSA) is 300 Å². The number of ketones is 4. The zero-order valence-electron chi connectivity index (χ0n) is 51.0. The number of phenols is 1.